The number of phosphoric ester groups is 1. The van der Waals surface area contributed by atoms with Gasteiger partial charge in [0.15, 0.2) is 6.10 Å². The van der Waals surface area contributed by atoms with Crippen LogP contribution in [0.25, 0.3) is 0 Å². The number of allylic oxidation sites excluding steroid dienone is 2. The first-order chi connectivity index (χ1) is 25.1. The second-order valence-electron chi connectivity index (χ2n) is 14.1. The van der Waals surface area contributed by atoms with Gasteiger partial charge in [0, 0.05) is 12.8 Å². The van der Waals surface area contributed by atoms with E-state index in [-0.39, 0.29) is 19.4 Å². The Morgan fingerprint density at radius 1 is 0.577 bits per heavy atom. The fourth-order valence-corrected chi connectivity index (χ4v) is 6.48. The van der Waals surface area contributed by atoms with Crippen molar-refractivity contribution >= 4 is 25.7 Å². The fraction of sp³-hybridized carbons (Fsp3) is 0.875. The lowest BCUT2D eigenvalue weighted by atomic mass is 10.0. The van der Waals surface area contributed by atoms with E-state index >= 15 is 0 Å². The first-order valence-corrected chi connectivity index (χ1v) is 22.2. The molecule has 0 amide bonds. The predicted octanol–water partition coefficient (Wildman–Crippen LogP) is 10.5. The summed E-state index contributed by atoms with van der Waals surface area (Å²) in [4.78, 5) is 45.8. The number of phosphoric acid groups is 1. The number of carbonyl (C=O) groups is 3. The van der Waals surface area contributed by atoms with E-state index in [0.717, 1.165) is 44.9 Å². The molecule has 0 saturated heterocycles. The minimum atomic E-state index is -4.71. The summed E-state index contributed by atoms with van der Waals surface area (Å²) in [6.45, 7) is 2.78. The standard InChI is InChI=1S/C40H76NO10P/c1-3-5-7-9-11-13-15-17-18-20-21-23-25-27-29-31-38(42)48-33-36(34-49-52(46,47)50-35-37(41)40(44)45)51-39(43)32-30-28-26-24-22-19-16-14-12-10-8-6-4-2/h19,22,36-37H,3-18,20-21,23-35,41H2,1-2H3,(H,44,45)(H,46,47)/b22-19+/t36-,37+/m1/s1. The van der Waals surface area contributed by atoms with Gasteiger partial charge in [0.05, 0.1) is 13.2 Å². The van der Waals surface area contributed by atoms with Crippen molar-refractivity contribution in [1.82, 2.24) is 0 Å². The molecule has 0 rings (SSSR count). The Labute approximate surface area is 316 Å². The summed E-state index contributed by atoms with van der Waals surface area (Å²) in [5.74, 6) is -2.39. The van der Waals surface area contributed by atoms with Crippen molar-refractivity contribution < 1.29 is 47.5 Å². The second-order valence-corrected chi connectivity index (χ2v) is 15.6. The number of rotatable bonds is 39. The number of esters is 2. The van der Waals surface area contributed by atoms with Crippen molar-refractivity contribution in [3.8, 4) is 0 Å². The molecule has 12 heteroatoms. The number of nitrogens with two attached hydrogens (primary N) is 1. The van der Waals surface area contributed by atoms with E-state index < -0.39 is 51.1 Å². The molecule has 1 unspecified atom stereocenters. The molecule has 0 radical (unpaired) electrons. The molecule has 11 nitrogen and oxygen atoms in total. The van der Waals surface area contributed by atoms with E-state index in [1.807, 2.05) is 0 Å². The smallest absolute Gasteiger partial charge is 0.472 e. The number of carbonyl (C=O) groups excluding carboxylic acids is 2. The fourth-order valence-electron chi connectivity index (χ4n) is 5.71. The molecule has 0 bridgehead atoms. The third kappa shape index (κ3) is 35.3. The molecule has 0 aliphatic carbocycles. The maximum absolute atomic E-state index is 12.6. The quantitative estimate of drug-likeness (QED) is 0.0235. The summed E-state index contributed by atoms with van der Waals surface area (Å²) in [7, 11) is -4.71. The van der Waals surface area contributed by atoms with E-state index in [9.17, 15) is 23.8 Å². The Kier molecular flexibility index (Phi) is 35.0. The van der Waals surface area contributed by atoms with E-state index in [1.54, 1.807) is 0 Å². The van der Waals surface area contributed by atoms with Gasteiger partial charge in [-0.3, -0.25) is 23.4 Å². The highest BCUT2D eigenvalue weighted by molar-refractivity contribution is 7.47. The zero-order valence-electron chi connectivity index (χ0n) is 32.9. The lowest BCUT2D eigenvalue weighted by Gasteiger charge is -2.20. The minimum Gasteiger partial charge on any atom is -0.480 e. The summed E-state index contributed by atoms with van der Waals surface area (Å²) in [5, 5.41) is 8.87. The summed E-state index contributed by atoms with van der Waals surface area (Å²) in [6.07, 6.45) is 34.2. The SMILES string of the molecule is CCCCCCCC/C=C/CCCCCC(=O)O[C@H](COC(=O)CCCCCCCCCCCCCCCCC)COP(=O)(O)OC[C@H](N)C(=O)O. The molecule has 0 aromatic rings. The van der Waals surface area contributed by atoms with Gasteiger partial charge in [-0.05, 0) is 38.5 Å². The average molecular weight is 762 g/mol. The van der Waals surface area contributed by atoms with Crippen molar-refractivity contribution in [3.63, 3.8) is 0 Å². The number of hydrogen-bond acceptors (Lipinski definition) is 9. The molecule has 0 aliphatic rings. The lowest BCUT2D eigenvalue weighted by Crippen LogP contribution is -2.34. The lowest BCUT2D eigenvalue weighted by molar-refractivity contribution is -0.161. The number of hydrogen-bond donors (Lipinski definition) is 3. The summed E-state index contributed by atoms with van der Waals surface area (Å²) in [5.41, 5.74) is 5.32. The second kappa shape index (κ2) is 36.2. The van der Waals surface area contributed by atoms with Crippen molar-refractivity contribution in [2.24, 2.45) is 5.73 Å². The Hall–Kier alpha value is -1.78. The van der Waals surface area contributed by atoms with Crippen LogP contribution >= 0.6 is 7.82 Å². The Morgan fingerprint density at radius 3 is 1.42 bits per heavy atom. The summed E-state index contributed by atoms with van der Waals surface area (Å²) in [6, 6.07) is -1.52. The Morgan fingerprint density at radius 2 is 0.962 bits per heavy atom. The van der Waals surface area contributed by atoms with Crippen LogP contribution in [0.15, 0.2) is 12.2 Å². The van der Waals surface area contributed by atoms with Crippen LogP contribution < -0.4 is 5.73 Å². The predicted molar refractivity (Wildman–Crippen MR) is 208 cm³/mol. The monoisotopic (exact) mass is 762 g/mol. The number of ether oxygens (including phenoxy) is 2. The molecule has 0 saturated carbocycles. The Balaban J connectivity index is 4.38. The van der Waals surface area contributed by atoms with Gasteiger partial charge in [-0.15, -0.1) is 0 Å². The first-order valence-electron chi connectivity index (χ1n) is 20.7. The van der Waals surface area contributed by atoms with Crippen LogP contribution in [0, 0.1) is 0 Å². The normalized spacial score (nSPS) is 13.9. The maximum Gasteiger partial charge on any atom is 0.472 e. The van der Waals surface area contributed by atoms with E-state index in [2.05, 4.69) is 30.5 Å². The van der Waals surface area contributed by atoms with Crippen LogP contribution in [0.5, 0.6) is 0 Å². The molecule has 3 atom stereocenters. The highest BCUT2D eigenvalue weighted by Crippen LogP contribution is 2.43. The zero-order valence-corrected chi connectivity index (χ0v) is 33.8. The average Bonchev–Trinajstić information content (AvgIpc) is 3.12. The molecule has 306 valence electrons. The maximum atomic E-state index is 12.6. The van der Waals surface area contributed by atoms with Gasteiger partial charge < -0.3 is 25.2 Å². The van der Waals surface area contributed by atoms with Gasteiger partial charge in [-0.1, -0.05) is 154 Å². The van der Waals surface area contributed by atoms with Gasteiger partial charge in [-0.2, -0.15) is 0 Å². The molecule has 0 fully saturated rings. The van der Waals surface area contributed by atoms with Gasteiger partial charge in [0.25, 0.3) is 0 Å². The van der Waals surface area contributed by atoms with Crippen LogP contribution in [-0.4, -0.2) is 59.9 Å². The van der Waals surface area contributed by atoms with E-state index in [0.29, 0.717) is 12.8 Å². The summed E-state index contributed by atoms with van der Waals surface area (Å²) >= 11 is 0. The van der Waals surface area contributed by atoms with E-state index in [1.165, 1.54) is 109 Å². The van der Waals surface area contributed by atoms with Crippen molar-refractivity contribution in [2.75, 3.05) is 19.8 Å². The highest BCUT2D eigenvalue weighted by Gasteiger charge is 2.28. The molecule has 0 aromatic heterocycles. The number of carboxylic acid groups (broad SMARTS) is 1. The van der Waals surface area contributed by atoms with Crippen LogP contribution in [0.2, 0.25) is 0 Å². The third-order valence-electron chi connectivity index (χ3n) is 9.01. The largest absolute Gasteiger partial charge is 0.480 e. The van der Waals surface area contributed by atoms with Crippen molar-refractivity contribution in [1.29, 1.82) is 0 Å². The van der Waals surface area contributed by atoms with Crippen molar-refractivity contribution in [3.05, 3.63) is 12.2 Å². The van der Waals surface area contributed by atoms with Crippen LogP contribution in [0.3, 0.4) is 0 Å². The summed E-state index contributed by atoms with van der Waals surface area (Å²) < 4.78 is 32.6. The number of carboxylic acids is 1. The Bertz CT molecular complexity index is 947. The van der Waals surface area contributed by atoms with E-state index in [4.69, 9.17) is 24.8 Å². The molecule has 0 aromatic carbocycles. The number of unbranched alkanes of at least 4 members (excludes halogenated alkanes) is 23. The van der Waals surface area contributed by atoms with Crippen molar-refractivity contribution in [2.45, 2.75) is 206 Å². The van der Waals surface area contributed by atoms with Gasteiger partial charge in [-0.25, -0.2) is 4.57 Å². The molecule has 4 N–H and O–H groups in total. The third-order valence-corrected chi connectivity index (χ3v) is 9.96. The molecule has 0 heterocycles. The highest BCUT2D eigenvalue weighted by atomic mass is 31.2. The zero-order chi connectivity index (χ0) is 38.5. The molecule has 52 heavy (non-hydrogen) atoms. The minimum absolute atomic E-state index is 0.145. The molecule has 0 aliphatic heterocycles. The first kappa shape index (κ1) is 50.2. The number of aliphatic carboxylic acids is 1. The molecular weight excluding hydrogens is 685 g/mol. The molecule has 0 spiro atoms. The van der Waals surface area contributed by atoms with Crippen LogP contribution in [-0.2, 0) is 37.5 Å². The van der Waals surface area contributed by atoms with Crippen LogP contribution in [0.4, 0.5) is 0 Å². The topological polar surface area (TPSA) is 172 Å². The van der Waals surface area contributed by atoms with Crippen LogP contribution in [0.1, 0.15) is 194 Å². The molecular formula is C40H76NO10P. The van der Waals surface area contributed by atoms with Gasteiger partial charge >= 0.3 is 25.7 Å². The van der Waals surface area contributed by atoms with Gasteiger partial charge in [0.2, 0.25) is 0 Å². The van der Waals surface area contributed by atoms with Gasteiger partial charge in [0.1, 0.15) is 12.6 Å².